The summed E-state index contributed by atoms with van der Waals surface area (Å²) in [7, 11) is -3.61. The molecular weight excluding hydrogens is 414 g/mol. The fraction of sp³-hybridized carbons (Fsp3) is 0.364. The average molecular weight is 440 g/mol. The van der Waals surface area contributed by atoms with Gasteiger partial charge in [0.05, 0.1) is 16.7 Å². The molecule has 1 N–H and O–H groups in total. The van der Waals surface area contributed by atoms with Gasteiger partial charge in [0, 0.05) is 36.2 Å². The normalized spacial score (nSPS) is 16.6. The zero-order chi connectivity index (χ0) is 22.4. The molecule has 162 valence electrons. The van der Waals surface area contributed by atoms with Gasteiger partial charge in [-0.1, -0.05) is 17.1 Å². The van der Waals surface area contributed by atoms with Crippen molar-refractivity contribution >= 4 is 15.7 Å². The molecule has 0 saturated carbocycles. The van der Waals surface area contributed by atoms with Gasteiger partial charge in [-0.25, -0.2) is 13.1 Å². The van der Waals surface area contributed by atoms with Gasteiger partial charge in [0.15, 0.2) is 0 Å². The molecule has 3 rings (SSSR count). The second-order valence-corrected chi connectivity index (χ2v) is 9.38. The average Bonchev–Trinajstić information content (AvgIpc) is 3.16. The molecule has 1 heterocycles. The van der Waals surface area contributed by atoms with Crippen molar-refractivity contribution in [1.82, 2.24) is 9.62 Å². The molecule has 0 aliphatic carbocycles. The number of azide groups is 1. The second kappa shape index (κ2) is 9.86. The Hall–Kier alpha value is -3.02. The number of terminal acetylenes is 1. The summed E-state index contributed by atoms with van der Waals surface area (Å²) in [5.41, 5.74) is 10.9. The van der Waals surface area contributed by atoms with Crippen LogP contribution in [0.2, 0.25) is 0 Å². The summed E-state index contributed by atoms with van der Waals surface area (Å²) in [6, 6.07) is 11.6. The van der Waals surface area contributed by atoms with Crippen LogP contribution in [-0.2, 0) is 16.6 Å². The van der Waals surface area contributed by atoms with Gasteiger partial charge in [0.2, 0.25) is 10.0 Å². The molecule has 0 radical (unpaired) electrons. The van der Waals surface area contributed by atoms with E-state index >= 15 is 0 Å². The molecule has 0 bridgehead atoms. The number of ether oxygens (including phenoxy) is 1. The molecule has 1 aliphatic rings. The highest BCUT2D eigenvalue weighted by Gasteiger charge is 2.27. The van der Waals surface area contributed by atoms with Gasteiger partial charge in [-0.2, -0.15) is 0 Å². The fourth-order valence-corrected chi connectivity index (χ4v) is 4.75. The molecule has 8 nitrogen and oxygen atoms in total. The van der Waals surface area contributed by atoms with Crippen molar-refractivity contribution in [3.05, 3.63) is 64.0 Å². The van der Waals surface area contributed by atoms with Gasteiger partial charge in [0.25, 0.3) is 0 Å². The third-order valence-electron chi connectivity index (χ3n) is 4.87. The Bertz CT molecular complexity index is 1120. The molecule has 1 atom stereocenters. The summed E-state index contributed by atoms with van der Waals surface area (Å²) in [5, 5.41) is 3.74. The van der Waals surface area contributed by atoms with Crippen LogP contribution in [0.4, 0.5) is 5.69 Å². The molecule has 0 aromatic heterocycles. The Morgan fingerprint density at radius 3 is 2.71 bits per heavy atom. The second-order valence-electron chi connectivity index (χ2n) is 7.67. The number of hydrogen-bond donors (Lipinski definition) is 1. The fourth-order valence-electron chi connectivity index (χ4n) is 3.49. The molecule has 31 heavy (non-hydrogen) atoms. The summed E-state index contributed by atoms with van der Waals surface area (Å²) in [6.07, 6.45) is 6.00. The number of benzene rings is 2. The van der Waals surface area contributed by atoms with E-state index in [0.717, 1.165) is 12.1 Å². The number of sulfonamides is 1. The number of likely N-dealkylation sites (tertiary alicyclic amines) is 1. The lowest BCUT2D eigenvalue weighted by Crippen LogP contribution is -2.36. The number of rotatable bonds is 8. The molecule has 2 aromatic carbocycles. The van der Waals surface area contributed by atoms with Crippen LogP contribution in [0.25, 0.3) is 10.4 Å². The van der Waals surface area contributed by atoms with Crippen molar-refractivity contribution in [3.63, 3.8) is 0 Å². The Morgan fingerprint density at radius 2 is 2.06 bits per heavy atom. The molecule has 1 saturated heterocycles. The first-order valence-corrected chi connectivity index (χ1v) is 11.4. The molecule has 1 fully saturated rings. The zero-order valence-electron chi connectivity index (χ0n) is 17.5. The van der Waals surface area contributed by atoms with Crippen molar-refractivity contribution in [3.8, 4) is 18.1 Å². The van der Waals surface area contributed by atoms with Crippen LogP contribution in [0.3, 0.4) is 0 Å². The maximum absolute atomic E-state index is 12.7. The van der Waals surface area contributed by atoms with Crippen LogP contribution >= 0.6 is 0 Å². The van der Waals surface area contributed by atoms with Gasteiger partial charge >= 0.3 is 0 Å². The lowest BCUT2D eigenvalue weighted by atomic mass is 10.1. The highest BCUT2D eigenvalue weighted by Crippen LogP contribution is 2.30. The minimum Gasteiger partial charge on any atom is -0.491 e. The third kappa shape index (κ3) is 6.00. The van der Waals surface area contributed by atoms with Crippen LogP contribution < -0.4 is 9.46 Å². The van der Waals surface area contributed by atoms with Crippen LogP contribution in [0.15, 0.2) is 52.5 Å². The van der Waals surface area contributed by atoms with Crippen LogP contribution in [0.1, 0.15) is 31.4 Å². The van der Waals surface area contributed by atoms with Crippen molar-refractivity contribution in [1.29, 1.82) is 0 Å². The highest BCUT2D eigenvalue weighted by molar-refractivity contribution is 7.89. The highest BCUT2D eigenvalue weighted by atomic mass is 32.2. The summed E-state index contributed by atoms with van der Waals surface area (Å²) in [4.78, 5) is 5.24. The van der Waals surface area contributed by atoms with Crippen LogP contribution in [0.5, 0.6) is 5.75 Å². The molecule has 2 aromatic rings. The van der Waals surface area contributed by atoms with Gasteiger partial charge in [0.1, 0.15) is 5.75 Å². The standard InChI is InChI=1S/C22H25N5O3S/c1-4-17-5-8-20(9-6-17)31(28,29)25-19-11-12-27(15-19)14-18-7-10-22(30-16(2)3)21(13-18)24-26-23/h1,5-10,13,16,19,25H,11-12,14-15H2,2-3H3/t19-/m1/s1. The predicted molar refractivity (Wildman–Crippen MR) is 119 cm³/mol. The maximum Gasteiger partial charge on any atom is 0.240 e. The quantitative estimate of drug-likeness (QED) is 0.291. The van der Waals surface area contributed by atoms with Crippen molar-refractivity contribution < 1.29 is 13.2 Å². The Balaban J connectivity index is 1.64. The van der Waals surface area contributed by atoms with Gasteiger partial charge in [-0.15, -0.1) is 6.42 Å². The summed E-state index contributed by atoms with van der Waals surface area (Å²) >= 11 is 0. The predicted octanol–water partition coefficient (Wildman–Crippen LogP) is 3.95. The minimum absolute atomic E-state index is 0.0337. The van der Waals surface area contributed by atoms with E-state index in [1.165, 1.54) is 12.1 Å². The summed E-state index contributed by atoms with van der Waals surface area (Å²) < 4.78 is 33.8. The van der Waals surface area contributed by atoms with E-state index in [0.29, 0.717) is 36.5 Å². The van der Waals surface area contributed by atoms with E-state index in [9.17, 15) is 8.42 Å². The van der Waals surface area contributed by atoms with E-state index in [1.54, 1.807) is 18.2 Å². The monoisotopic (exact) mass is 439 g/mol. The SMILES string of the molecule is C#Cc1ccc(S(=O)(=O)N[C@@H]2CCN(Cc3ccc(OC(C)C)c(N=[N+]=[N-])c3)C2)cc1. The first kappa shape index (κ1) is 22.7. The molecule has 0 unspecified atom stereocenters. The van der Waals surface area contributed by atoms with Crippen molar-refractivity contribution in [2.45, 2.75) is 43.9 Å². The molecule has 1 aliphatic heterocycles. The van der Waals surface area contributed by atoms with Gasteiger partial charge in [-0.05, 0) is 67.8 Å². The van der Waals surface area contributed by atoms with Crippen molar-refractivity contribution in [2.24, 2.45) is 5.11 Å². The Labute approximate surface area is 182 Å². The zero-order valence-corrected chi connectivity index (χ0v) is 18.3. The summed E-state index contributed by atoms with van der Waals surface area (Å²) in [6.45, 7) is 5.77. The van der Waals surface area contributed by atoms with E-state index in [-0.39, 0.29) is 17.0 Å². The van der Waals surface area contributed by atoms with Crippen molar-refractivity contribution in [2.75, 3.05) is 13.1 Å². The van der Waals surface area contributed by atoms with E-state index in [1.807, 2.05) is 26.0 Å². The first-order chi connectivity index (χ1) is 14.8. The van der Waals surface area contributed by atoms with E-state index < -0.39 is 10.0 Å². The largest absolute Gasteiger partial charge is 0.491 e. The Kier molecular flexibility index (Phi) is 7.21. The number of nitrogens with one attached hydrogen (secondary N) is 1. The third-order valence-corrected chi connectivity index (χ3v) is 6.41. The number of nitrogens with zero attached hydrogens (tertiary/aromatic N) is 4. The minimum atomic E-state index is -3.61. The lowest BCUT2D eigenvalue weighted by Gasteiger charge is -2.18. The van der Waals surface area contributed by atoms with E-state index in [4.69, 9.17) is 16.7 Å². The molecular formula is C22H25N5O3S. The smallest absolute Gasteiger partial charge is 0.240 e. The van der Waals surface area contributed by atoms with Gasteiger partial charge < -0.3 is 4.74 Å². The van der Waals surface area contributed by atoms with Gasteiger partial charge in [-0.3, -0.25) is 4.90 Å². The maximum atomic E-state index is 12.7. The lowest BCUT2D eigenvalue weighted by molar-refractivity contribution is 0.243. The van der Waals surface area contributed by atoms with E-state index in [2.05, 4.69) is 25.6 Å². The number of hydrogen-bond acceptors (Lipinski definition) is 5. The van der Waals surface area contributed by atoms with Crippen LogP contribution in [-0.4, -0.2) is 38.6 Å². The molecule has 0 spiro atoms. The first-order valence-electron chi connectivity index (χ1n) is 9.97. The Morgan fingerprint density at radius 1 is 1.32 bits per heavy atom. The molecule has 9 heteroatoms. The topological polar surface area (TPSA) is 107 Å². The molecule has 0 amide bonds. The van der Waals surface area contributed by atoms with Crippen LogP contribution in [0, 0.1) is 12.3 Å². The summed E-state index contributed by atoms with van der Waals surface area (Å²) in [5.74, 6) is 3.02.